The Morgan fingerprint density at radius 3 is 2.11 bits per heavy atom. The number of rotatable bonds is 22. The minimum Gasteiger partial charge on any atom is -0.507 e. The lowest BCUT2D eigenvalue weighted by Crippen LogP contribution is -2.62. The van der Waals surface area contributed by atoms with Gasteiger partial charge in [0.05, 0.1) is 61.0 Å². The molecule has 0 radical (unpaired) electrons. The quantitative estimate of drug-likeness (QED) is 0.0455. The SMILES string of the molecule is COc1cccc2c1C(=O)c1c(O)c3c(c(O)c1C2=O)C[C@@](O)(C(=O)CO)C[C@@H]3O[C@H]1C[C@H](NC(=O)C(CC(C)C)NC(=O)C(CC(N)=O)NC(=O)C(NC(=O)C(C)NC(=O)CCC(=O)O)C(C)O)[C@H](O)[C@H](C)O1. The maximum Gasteiger partial charge on any atom is 0.303 e. The van der Waals surface area contributed by atoms with Gasteiger partial charge in [-0.2, -0.15) is 0 Å². The number of carboxylic acid groups (broad SMARTS) is 1. The molecule has 5 unspecified atom stereocenters. The van der Waals surface area contributed by atoms with E-state index in [4.69, 9.17) is 25.1 Å². The predicted octanol–water partition coefficient (Wildman–Crippen LogP) is -2.72. The molecule has 0 saturated carbocycles. The second-order valence-electron chi connectivity index (χ2n) is 18.9. The Hall–Kier alpha value is -7.10. The number of ether oxygens (including phenoxy) is 3. The molecule has 2 aromatic rings. The van der Waals surface area contributed by atoms with Gasteiger partial charge in [-0.05, 0) is 39.2 Å². The fraction of sp³-hybridized carbons (Fsp3) is 0.542. The number of benzene rings is 2. The van der Waals surface area contributed by atoms with E-state index in [-0.39, 0.29) is 40.3 Å². The number of aromatic hydroxyl groups is 2. The number of fused-ring (bicyclic) bond motifs is 3. The van der Waals surface area contributed by atoms with E-state index in [1.807, 2.05) is 0 Å². The van der Waals surface area contributed by atoms with Gasteiger partial charge < -0.3 is 82.3 Å². The third kappa shape index (κ3) is 12.8. The first-order valence-electron chi connectivity index (χ1n) is 23.6. The van der Waals surface area contributed by atoms with Crippen molar-refractivity contribution in [2.24, 2.45) is 11.7 Å². The topological polar surface area (TPSA) is 426 Å². The number of ketones is 3. The Morgan fingerprint density at radius 2 is 1.51 bits per heavy atom. The molecule has 404 valence electrons. The van der Waals surface area contributed by atoms with Gasteiger partial charge in [0, 0.05) is 42.4 Å². The maximum absolute atomic E-state index is 14.1. The summed E-state index contributed by atoms with van der Waals surface area (Å²) < 4.78 is 17.5. The van der Waals surface area contributed by atoms with E-state index in [1.165, 1.54) is 39.2 Å². The molecule has 0 bridgehead atoms. The van der Waals surface area contributed by atoms with Gasteiger partial charge in [0.25, 0.3) is 0 Å². The second kappa shape index (κ2) is 23.8. The highest BCUT2D eigenvalue weighted by Crippen LogP contribution is 2.52. The molecule has 1 heterocycles. The van der Waals surface area contributed by atoms with Crippen molar-refractivity contribution in [3.05, 3.63) is 51.6 Å². The largest absolute Gasteiger partial charge is 0.507 e. The van der Waals surface area contributed by atoms with Crippen LogP contribution in [0.2, 0.25) is 0 Å². The van der Waals surface area contributed by atoms with Crippen molar-refractivity contribution in [2.75, 3.05) is 13.7 Å². The van der Waals surface area contributed by atoms with Crippen molar-refractivity contribution < 1.29 is 97.9 Å². The number of hydrogen-bond acceptors (Lipinski definition) is 19. The number of phenols is 2. The Morgan fingerprint density at radius 1 is 0.865 bits per heavy atom. The Labute approximate surface area is 422 Å². The molecular weight excluding hydrogens is 981 g/mol. The zero-order valence-electron chi connectivity index (χ0n) is 41.3. The molecule has 3 aliphatic rings. The van der Waals surface area contributed by atoms with Crippen LogP contribution >= 0.6 is 0 Å². The van der Waals surface area contributed by atoms with Crippen LogP contribution in [0.25, 0.3) is 0 Å². The number of amides is 6. The van der Waals surface area contributed by atoms with Gasteiger partial charge >= 0.3 is 5.97 Å². The summed E-state index contributed by atoms with van der Waals surface area (Å²) in [6, 6.07) is -3.48. The predicted molar refractivity (Wildman–Crippen MR) is 251 cm³/mol. The monoisotopic (exact) mass is 1040 g/mol. The van der Waals surface area contributed by atoms with Gasteiger partial charge in [0.1, 0.15) is 59.7 Å². The molecule has 2 aromatic carbocycles. The van der Waals surface area contributed by atoms with Crippen molar-refractivity contribution in [3.8, 4) is 17.2 Å². The van der Waals surface area contributed by atoms with Crippen LogP contribution in [0.1, 0.15) is 122 Å². The van der Waals surface area contributed by atoms with E-state index in [0.29, 0.717) is 0 Å². The summed E-state index contributed by atoms with van der Waals surface area (Å²) >= 11 is 0. The molecule has 5 rings (SSSR count). The number of carboxylic acids is 1. The average molecular weight is 1040 g/mol. The minimum absolute atomic E-state index is 0.0131. The number of methoxy groups -OCH3 is 1. The van der Waals surface area contributed by atoms with Crippen LogP contribution in [0.3, 0.4) is 0 Å². The van der Waals surface area contributed by atoms with Gasteiger partial charge in [0.2, 0.25) is 41.2 Å². The third-order valence-electron chi connectivity index (χ3n) is 12.9. The van der Waals surface area contributed by atoms with Crippen molar-refractivity contribution in [1.82, 2.24) is 26.6 Å². The normalized spacial score (nSPS) is 23.0. The van der Waals surface area contributed by atoms with Crippen LogP contribution in [-0.4, -0.2) is 169 Å². The summed E-state index contributed by atoms with van der Waals surface area (Å²) in [7, 11) is 1.26. The standard InChI is InChI=1S/C48H62N6O20/c1-18(2)12-25(52-46(69)26(13-30(49)58)53-47(70)38(20(4)56)54-44(67)19(3)50-31(59)10-11-32(60)61)45(68)51-24-14-33(73-21(5)39(24)62)74-28-16-48(71,29(57)17-55)15-23-35(28)43(66)37-36(41(23)64)40(63)22-8-7-9-27(72-6)34(22)42(37)65/h7-9,18-21,24-26,28,33,38-39,55-56,62,64,66,71H,10-17H2,1-6H3,(H2,49,58)(H,50,59)(H,51,68)(H,52,69)(H,53,70)(H,54,67)(H,60,61)/t19?,20?,21-,24-,25?,26?,28-,33-,38?,39+,48-/m0/s1. The first kappa shape index (κ1) is 57.8. The smallest absolute Gasteiger partial charge is 0.303 e. The number of aliphatic hydroxyl groups excluding tert-OH is 3. The zero-order valence-corrected chi connectivity index (χ0v) is 41.3. The molecule has 74 heavy (non-hydrogen) atoms. The van der Waals surface area contributed by atoms with Crippen LogP contribution in [0.15, 0.2) is 18.2 Å². The van der Waals surface area contributed by atoms with E-state index in [1.54, 1.807) is 13.8 Å². The molecule has 6 amide bonds. The molecule has 11 atom stereocenters. The average Bonchev–Trinajstić information content (AvgIpc) is 3.32. The minimum atomic E-state index is -2.48. The Kier molecular flexibility index (Phi) is 18.6. The van der Waals surface area contributed by atoms with Gasteiger partial charge in [-0.25, -0.2) is 0 Å². The number of nitrogens with one attached hydrogen (secondary N) is 5. The van der Waals surface area contributed by atoms with Gasteiger partial charge in [-0.3, -0.25) is 47.9 Å². The van der Waals surface area contributed by atoms with Gasteiger partial charge in [-0.1, -0.05) is 26.0 Å². The summed E-state index contributed by atoms with van der Waals surface area (Å²) in [5, 5.41) is 87.6. The molecule has 0 spiro atoms. The molecular formula is C48H62N6O20. The molecule has 14 N–H and O–H groups in total. The molecule has 2 aliphatic carbocycles. The number of aliphatic hydroxyl groups is 4. The van der Waals surface area contributed by atoms with E-state index in [9.17, 15) is 78.6 Å². The third-order valence-corrected chi connectivity index (χ3v) is 12.9. The van der Waals surface area contributed by atoms with Gasteiger partial charge in [-0.15, -0.1) is 0 Å². The number of aliphatic carboxylic acids is 1. The number of hydrogen-bond donors (Lipinski definition) is 13. The van der Waals surface area contributed by atoms with Crippen molar-refractivity contribution in [2.45, 2.75) is 146 Å². The van der Waals surface area contributed by atoms with Crippen LogP contribution < -0.4 is 37.1 Å². The van der Waals surface area contributed by atoms with Gasteiger partial charge in [0.15, 0.2) is 17.9 Å². The summed E-state index contributed by atoms with van der Waals surface area (Å²) in [4.78, 5) is 131. The number of carbonyl (C=O) groups is 10. The molecule has 26 heteroatoms. The number of nitrogens with two attached hydrogens (primary N) is 1. The van der Waals surface area contributed by atoms with E-state index in [2.05, 4.69) is 26.6 Å². The Balaban J connectivity index is 1.38. The summed E-state index contributed by atoms with van der Waals surface area (Å²) in [6.07, 6.45) is -11.1. The number of Topliss-reactive ketones (excluding diaryl/α,β-unsaturated/α-hetero) is 1. The lowest BCUT2D eigenvalue weighted by molar-refractivity contribution is -0.249. The summed E-state index contributed by atoms with van der Waals surface area (Å²) in [6.45, 7) is 5.96. The number of primary amides is 1. The van der Waals surface area contributed by atoms with E-state index >= 15 is 0 Å². The number of carbonyl (C=O) groups excluding carboxylic acids is 9. The highest BCUT2D eigenvalue weighted by Gasteiger charge is 2.51. The molecule has 1 aliphatic heterocycles. The molecule has 1 fully saturated rings. The maximum atomic E-state index is 14.1. The fourth-order valence-electron chi connectivity index (χ4n) is 9.07. The van der Waals surface area contributed by atoms with Crippen molar-refractivity contribution in [1.29, 1.82) is 0 Å². The van der Waals surface area contributed by atoms with E-state index < -0.39 is 193 Å². The molecule has 1 saturated heterocycles. The highest BCUT2D eigenvalue weighted by molar-refractivity contribution is 6.31. The Bertz CT molecular complexity index is 2590. The van der Waals surface area contributed by atoms with Crippen LogP contribution in [0, 0.1) is 5.92 Å². The van der Waals surface area contributed by atoms with Crippen molar-refractivity contribution in [3.63, 3.8) is 0 Å². The molecule has 26 nitrogen and oxygen atoms in total. The summed E-state index contributed by atoms with van der Waals surface area (Å²) in [5.41, 5.74) is 0.634. The highest BCUT2D eigenvalue weighted by atomic mass is 16.7. The van der Waals surface area contributed by atoms with Crippen molar-refractivity contribution >= 4 is 58.8 Å². The van der Waals surface area contributed by atoms with Crippen LogP contribution in [0.5, 0.6) is 17.2 Å². The zero-order chi connectivity index (χ0) is 55.3. The number of phenolic OH excluding ortho intramolecular Hbond substituents is 2. The second-order valence-corrected chi connectivity index (χ2v) is 18.9. The lowest BCUT2D eigenvalue weighted by atomic mass is 9.72. The van der Waals surface area contributed by atoms with Crippen LogP contribution in [0.4, 0.5) is 0 Å². The first-order valence-corrected chi connectivity index (χ1v) is 23.6. The van der Waals surface area contributed by atoms with Crippen LogP contribution in [-0.2, 0) is 54.3 Å². The molecule has 0 aromatic heterocycles. The summed E-state index contributed by atoms with van der Waals surface area (Å²) in [5.74, 6) is -12.3. The fourth-order valence-corrected chi connectivity index (χ4v) is 9.07. The van der Waals surface area contributed by atoms with E-state index in [0.717, 1.165) is 6.92 Å². The lowest BCUT2D eigenvalue weighted by Gasteiger charge is -2.43. The first-order chi connectivity index (χ1) is 34.6.